The molecule has 0 spiro atoms. The molecule has 0 atom stereocenters. The van der Waals surface area contributed by atoms with Gasteiger partial charge in [-0.05, 0) is 37.6 Å². The molecule has 1 aromatic carbocycles. The topological polar surface area (TPSA) is 67.2 Å². The third-order valence-electron chi connectivity index (χ3n) is 4.21. The third-order valence-corrected chi connectivity index (χ3v) is 4.21. The number of carbonyl (C=O) groups is 1. The molecule has 2 heterocycles. The van der Waals surface area contributed by atoms with E-state index in [9.17, 15) is 18.0 Å². The van der Waals surface area contributed by atoms with Crippen LogP contribution in [0.1, 0.15) is 46.3 Å². The fraction of sp³-hybridized carbons (Fsp3) is 0.412. The Morgan fingerprint density at radius 3 is 2.72 bits per heavy atom. The van der Waals surface area contributed by atoms with E-state index in [1.54, 1.807) is 0 Å². The molecule has 1 amide bonds. The number of amides is 1. The number of nitrogens with zero attached hydrogens (tertiary/aromatic N) is 1. The van der Waals surface area contributed by atoms with Crippen molar-refractivity contribution in [2.24, 2.45) is 0 Å². The van der Waals surface area contributed by atoms with Crippen LogP contribution in [0.5, 0.6) is 0 Å². The Morgan fingerprint density at radius 1 is 1.28 bits per heavy atom. The molecular weight excluding hydrogens is 335 g/mol. The van der Waals surface area contributed by atoms with E-state index in [-0.39, 0.29) is 23.7 Å². The quantitative estimate of drug-likeness (QED) is 0.886. The van der Waals surface area contributed by atoms with Crippen LogP contribution in [-0.2, 0) is 12.7 Å². The standard InChI is InChI=1S/C17H18F3N3O2/c18-17(19,20)13-4-2-1-3-12(13)9-22-15(24)14-10-25-16(23-14)11-5-7-21-8-6-11/h1-4,10-11,21H,5-9H2,(H,22,24). The number of hydrogen-bond acceptors (Lipinski definition) is 4. The van der Waals surface area contributed by atoms with Gasteiger partial charge in [0.1, 0.15) is 6.26 Å². The predicted molar refractivity (Wildman–Crippen MR) is 84.0 cm³/mol. The summed E-state index contributed by atoms with van der Waals surface area (Å²) in [5, 5.41) is 5.70. The SMILES string of the molecule is O=C(NCc1ccccc1C(F)(F)F)c1coc(C2CCNCC2)n1. The zero-order valence-electron chi connectivity index (χ0n) is 13.4. The van der Waals surface area contributed by atoms with Crippen LogP contribution in [0.2, 0.25) is 0 Å². The number of benzene rings is 1. The summed E-state index contributed by atoms with van der Waals surface area (Å²) in [4.78, 5) is 16.3. The molecule has 1 saturated heterocycles. The lowest BCUT2D eigenvalue weighted by Crippen LogP contribution is -2.27. The third kappa shape index (κ3) is 4.19. The molecule has 134 valence electrons. The normalized spacial score (nSPS) is 16.0. The maximum atomic E-state index is 13.0. The minimum Gasteiger partial charge on any atom is -0.448 e. The van der Waals surface area contributed by atoms with Crippen molar-refractivity contribution in [1.82, 2.24) is 15.6 Å². The van der Waals surface area contributed by atoms with Crippen LogP contribution in [0.15, 0.2) is 34.9 Å². The highest BCUT2D eigenvalue weighted by Crippen LogP contribution is 2.31. The van der Waals surface area contributed by atoms with Gasteiger partial charge in [0.15, 0.2) is 11.6 Å². The second kappa shape index (κ2) is 7.26. The molecule has 2 N–H and O–H groups in total. The number of alkyl halides is 3. The fourth-order valence-corrected chi connectivity index (χ4v) is 2.87. The Hall–Kier alpha value is -2.35. The lowest BCUT2D eigenvalue weighted by molar-refractivity contribution is -0.138. The zero-order valence-corrected chi connectivity index (χ0v) is 13.4. The van der Waals surface area contributed by atoms with Gasteiger partial charge in [-0.3, -0.25) is 4.79 Å². The largest absolute Gasteiger partial charge is 0.448 e. The molecule has 0 unspecified atom stereocenters. The smallest absolute Gasteiger partial charge is 0.416 e. The summed E-state index contributed by atoms with van der Waals surface area (Å²) in [6, 6.07) is 5.15. The number of oxazole rings is 1. The van der Waals surface area contributed by atoms with Gasteiger partial charge in [-0.25, -0.2) is 4.98 Å². The summed E-state index contributed by atoms with van der Waals surface area (Å²) in [5.41, 5.74) is -0.672. The number of aromatic nitrogens is 1. The van der Waals surface area contributed by atoms with Crippen LogP contribution in [0.4, 0.5) is 13.2 Å². The van der Waals surface area contributed by atoms with E-state index in [4.69, 9.17) is 4.42 Å². The lowest BCUT2D eigenvalue weighted by Gasteiger charge is -2.19. The van der Waals surface area contributed by atoms with Gasteiger partial charge in [-0.1, -0.05) is 18.2 Å². The average Bonchev–Trinajstić information content (AvgIpc) is 3.10. The first-order valence-electron chi connectivity index (χ1n) is 8.04. The maximum absolute atomic E-state index is 13.0. The molecule has 1 aliphatic rings. The van der Waals surface area contributed by atoms with Gasteiger partial charge in [0.2, 0.25) is 0 Å². The monoisotopic (exact) mass is 353 g/mol. The molecule has 1 fully saturated rings. The van der Waals surface area contributed by atoms with Gasteiger partial charge in [0.25, 0.3) is 5.91 Å². The summed E-state index contributed by atoms with van der Waals surface area (Å²) in [7, 11) is 0. The first-order chi connectivity index (χ1) is 11.9. The van der Waals surface area contributed by atoms with Crippen LogP contribution in [0.3, 0.4) is 0 Å². The van der Waals surface area contributed by atoms with Crippen LogP contribution in [0, 0.1) is 0 Å². The van der Waals surface area contributed by atoms with E-state index in [0.717, 1.165) is 32.0 Å². The Morgan fingerprint density at radius 2 is 2.00 bits per heavy atom. The molecule has 1 aliphatic heterocycles. The number of piperidine rings is 1. The first kappa shape index (κ1) is 17.5. The molecule has 1 aromatic heterocycles. The van der Waals surface area contributed by atoms with Crippen molar-refractivity contribution >= 4 is 5.91 Å². The number of rotatable bonds is 4. The van der Waals surface area contributed by atoms with Crippen LogP contribution in [0.25, 0.3) is 0 Å². The van der Waals surface area contributed by atoms with E-state index in [2.05, 4.69) is 15.6 Å². The van der Waals surface area contributed by atoms with E-state index in [1.807, 2.05) is 0 Å². The van der Waals surface area contributed by atoms with E-state index < -0.39 is 17.6 Å². The zero-order chi connectivity index (χ0) is 17.9. The molecule has 0 saturated carbocycles. The minimum atomic E-state index is -4.46. The van der Waals surface area contributed by atoms with Gasteiger partial charge < -0.3 is 15.1 Å². The molecule has 3 rings (SSSR count). The van der Waals surface area contributed by atoms with Gasteiger partial charge in [-0.2, -0.15) is 13.2 Å². The van der Waals surface area contributed by atoms with Gasteiger partial charge in [0, 0.05) is 12.5 Å². The Balaban J connectivity index is 1.65. The number of halogens is 3. The predicted octanol–water partition coefficient (Wildman–Crippen LogP) is 3.09. The summed E-state index contributed by atoms with van der Waals surface area (Å²) in [5.74, 6) is 0.108. The highest BCUT2D eigenvalue weighted by atomic mass is 19.4. The first-order valence-corrected chi connectivity index (χ1v) is 8.04. The molecular formula is C17H18F3N3O2. The van der Waals surface area contributed by atoms with Crippen LogP contribution < -0.4 is 10.6 Å². The molecule has 0 aliphatic carbocycles. The summed E-state index contributed by atoms with van der Waals surface area (Å²) < 4.78 is 44.3. The van der Waals surface area contributed by atoms with Gasteiger partial charge in [-0.15, -0.1) is 0 Å². The van der Waals surface area contributed by atoms with Crippen molar-refractivity contribution in [1.29, 1.82) is 0 Å². The van der Waals surface area contributed by atoms with Crippen LogP contribution in [-0.4, -0.2) is 24.0 Å². The minimum absolute atomic E-state index is 0.00502. The second-order valence-electron chi connectivity index (χ2n) is 5.93. The van der Waals surface area contributed by atoms with Crippen LogP contribution >= 0.6 is 0 Å². The number of carbonyl (C=O) groups excluding carboxylic acids is 1. The van der Waals surface area contributed by atoms with Crippen molar-refractivity contribution in [2.45, 2.75) is 31.5 Å². The molecule has 5 nitrogen and oxygen atoms in total. The van der Waals surface area contributed by atoms with Gasteiger partial charge in [0.05, 0.1) is 5.56 Å². The molecule has 2 aromatic rings. The van der Waals surface area contributed by atoms with E-state index in [1.165, 1.54) is 24.5 Å². The second-order valence-corrected chi connectivity index (χ2v) is 5.93. The summed E-state index contributed by atoms with van der Waals surface area (Å²) in [6.07, 6.45) is -1.46. The van der Waals surface area contributed by atoms with Gasteiger partial charge >= 0.3 is 6.18 Å². The van der Waals surface area contributed by atoms with Crippen molar-refractivity contribution < 1.29 is 22.4 Å². The maximum Gasteiger partial charge on any atom is 0.416 e. The molecule has 8 heteroatoms. The Labute approximate surface area is 142 Å². The van der Waals surface area contributed by atoms with Crippen molar-refractivity contribution in [3.63, 3.8) is 0 Å². The Bertz CT molecular complexity index is 737. The number of hydrogen-bond donors (Lipinski definition) is 2. The van der Waals surface area contributed by atoms with E-state index >= 15 is 0 Å². The lowest BCUT2D eigenvalue weighted by atomic mass is 9.98. The van der Waals surface area contributed by atoms with Crippen molar-refractivity contribution in [2.75, 3.05) is 13.1 Å². The average molecular weight is 353 g/mol. The van der Waals surface area contributed by atoms with E-state index in [0.29, 0.717) is 5.89 Å². The highest BCUT2D eigenvalue weighted by Gasteiger charge is 2.33. The molecule has 0 bridgehead atoms. The van der Waals surface area contributed by atoms with Crippen molar-refractivity contribution in [3.8, 4) is 0 Å². The highest BCUT2D eigenvalue weighted by molar-refractivity contribution is 5.91. The summed E-state index contributed by atoms with van der Waals surface area (Å²) in [6.45, 7) is 1.50. The summed E-state index contributed by atoms with van der Waals surface area (Å²) >= 11 is 0. The Kier molecular flexibility index (Phi) is 5.08. The van der Waals surface area contributed by atoms with Crippen molar-refractivity contribution in [3.05, 3.63) is 53.2 Å². The molecule has 0 radical (unpaired) electrons. The molecule has 25 heavy (non-hydrogen) atoms. The number of nitrogens with one attached hydrogen (secondary N) is 2. The fourth-order valence-electron chi connectivity index (χ4n) is 2.87.